The molecule has 1 aromatic carbocycles. The van der Waals surface area contributed by atoms with Gasteiger partial charge in [0.05, 0.1) is 31.9 Å². The van der Waals surface area contributed by atoms with Crippen molar-refractivity contribution in [2.24, 2.45) is 0 Å². The number of hydrogen-bond acceptors (Lipinski definition) is 7. The highest BCUT2D eigenvalue weighted by atomic mass is 32.1. The van der Waals surface area contributed by atoms with E-state index in [2.05, 4.69) is 9.88 Å². The van der Waals surface area contributed by atoms with E-state index >= 15 is 0 Å². The topological polar surface area (TPSA) is 76.7 Å². The maximum Gasteiger partial charge on any atom is 0.254 e. The lowest BCUT2D eigenvalue weighted by atomic mass is 10.1. The fraction of sp³-hybridized carbons (Fsp3) is 0.333. The van der Waals surface area contributed by atoms with Crippen LogP contribution in [0.3, 0.4) is 0 Å². The van der Waals surface area contributed by atoms with E-state index in [9.17, 15) is 4.79 Å². The number of H-pyrrole nitrogens is 1. The number of fused-ring (bicyclic) bond motifs is 1. The Morgan fingerprint density at radius 3 is 2.55 bits per heavy atom. The van der Waals surface area contributed by atoms with Crippen molar-refractivity contribution in [1.29, 1.82) is 0 Å². The minimum absolute atomic E-state index is 0.0363. The standard InChI is InChI=1S/C21H23N3O4S/c1-26-16-9-13(10-17(27-2)19(16)28-3)11-24-7-6-14-15(12-24)22-20(23-21(14)25)18-5-4-8-29-18/h4-5,8-10H,6-7,11-12H2,1-3H3,(H,22,23,25). The Labute approximate surface area is 172 Å². The summed E-state index contributed by atoms with van der Waals surface area (Å²) in [5.74, 6) is 2.48. The molecule has 0 radical (unpaired) electrons. The molecule has 0 amide bonds. The molecule has 152 valence electrons. The molecule has 1 N–H and O–H groups in total. The number of nitrogens with one attached hydrogen (secondary N) is 1. The summed E-state index contributed by atoms with van der Waals surface area (Å²) in [6, 6.07) is 7.83. The van der Waals surface area contributed by atoms with E-state index in [1.807, 2.05) is 29.6 Å². The van der Waals surface area contributed by atoms with Gasteiger partial charge in [-0.15, -0.1) is 11.3 Å². The Morgan fingerprint density at radius 2 is 1.93 bits per heavy atom. The molecule has 2 aromatic heterocycles. The van der Waals surface area contributed by atoms with Crippen molar-refractivity contribution in [1.82, 2.24) is 14.9 Å². The summed E-state index contributed by atoms with van der Waals surface area (Å²) < 4.78 is 16.3. The predicted molar refractivity (Wildman–Crippen MR) is 112 cm³/mol. The molecule has 0 saturated heterocycles. The van der Waals surface area contributed by atoms with Gasteiger partial charge in [-0.1, -0.05) is 6.07 Å². The molecule has 0 bridgehead atoms. The van der Waals surface area contributed by atoms with Gasteiger partial charge in [-0.05, 0) is 35.6 Å². The molecule has 0 fully saturated rings. The van der Waals surface area contributed by atoms with E-state index < -0.39 is 0 Å². The molecule has 0 saturated carbocycles. The lowest BCUT2D eigenvalue weighted by molar-refractivity contribution is 0.239. The third kappa shape index (κ3) is 3.86. The van der Waals surface area contributed by atoms with Crippen molar-refractivity contribution in [3.63, 3.8) is 0 Å². The first-order chi connectivity index (χ1) is 14.1. The minimum Gasteiger partial charge on any atom is -0.493 e. The zero-order valence-corrected chi connectivity index (χ0v) is 17.5. The van der Waals surface area contributed by atoms with Crippen LogP contribution in [0.2, 0.25) is 0 Å². The molecule has 29 heavy (non-hydrogen) atoms. The van der Waals surface area contributed by atoms with E-state index in [0.29, 0.717) is 42.6 Å². The van der Waals surface area contributed by atoms with Gasteiger partial charge >= 0.3 is 0 Å². The summed E-state index contributed by atoms with van der Waals surface area (Å²) >= 11 is 1.56. The number of hydrogen-bond donors (Lipinski definition) is 1. The number of thiophene rings is 1. The first-order valence-electron chi connectivity index (χ1n) is 9.30. The van der Waals surface area contributed by atoms with Crippen LogP contribution in [0, 0.1) is 0 Å². The Morgan fingerprint density at radius 1 is 1.17 bits per heavy atom. The maximum atomic E-state index is 12.5. The predicted octanol–water partition coefficient (Wildman–Crippen LogP) is 3.08. The molecule has 3 aromatic rings. The van der Waals surface area contributed by atoms with Crippen LogP contribution in [-0.2, 0) is 19.5 Å². The summed E-state index contributed by atoms with van der Waals surface area (Å²) in [6.07, 6.45) is 0.673. The number of nitrogens with zero attached hydrogens (tertiary/aromatic N) is 2. The van der Waals surface area contributed by atoms with E-state index in [1.54, 1.807) is 32.7 Å². The summed E-state index contributed by atoms with van der Waals surface area (Å²) in [6.45, 7) is 2.10. The van der Waals surface area contributed by atoms with Crippen molar-refractivity contribution in [2.75, 3.05) is 27.9 Å². The van der Waals surface area contributed by atoms with Crippen LogP contribution in [0.1, 0.15) is 16.8 Å². The molecule has 4 rings (SSSR count). The minimum atomic E-state index is -0.0363. The van der Waals surface area contributed by atoms with Gasteiger partial charge in [-0.3, -0.25) is 9.69 Å². The molecule has 7 nitrogen and oxygen atoms in total. The van der Waals surface area contributed by atoms with Gasteiger partial charge in [0.1, 0.15) is 0 Å². The Balaban J connectivity index is 1.60. The van der Waals surface area contributed by atoms with Crippen LogP contribution in [-0.4, -0.2) is 42.7 Å². The summed E-state index contributed by atoms with van der Waals surface area (Å²) in [4.78, 5) is 23.4. The second-order valence-corrected chi connectivity index (χ2v) is 7.76. The number of benzene rings is 1. The van der Waals surface area contributed by atoms with Crippen LogP contribution in [0.5, 0.6) is 17.2 Å². The smallest absolute Gasteiger partial charge is 0.254 e. The molecule has 0 unspecified atom stereocenters. The first kappa shape index (κ1) is 19.5. The van der Waals surface area contributed by atoms with Gasteiger partial charge in [0.15, 0.2) is 17.3 Å². The van der Waals surface area contributed by atoms with Gasteiger partial charge in [0.2, 0.25) is 5.75 Å². The second kappa shape index (κ2) is 8.26. The SMILES string of the molecule is COc1cc(CN2CCc3c(nc(-c4cccs4)[nH]c3=O)C2)cc(OC)c1OC. The third-order valence-electron chi connectivity index (χ3n) is 5.04. The first-order valence-corrected chi connectivity index (χ1v) is 10.2. The highest BCUT2D eigenvalue weighted by Crippen LogP contribution is 2.38. The van der Waals surface area contributed by atoms with Crippen molar-refractivity contribution in [3.05, 3.63) is 56.8 Å². The highest BCUT2D eigenvalue weighted by Gasteiger charge is 2.23. The van der Waals surface area contributed by atoms with E-state index in [1.165, 1.54) is 0 Å². The summed E-state index contributed by atoms with van der Waals surface area (Å²) in [5, 5.41) is 1.98. The molecule has 1 aliphatic rings. The normalized spacial score (nSPS) is 13.8. The Kier molecular flexibility index (Phi) is 5.55. The Bertz CT molecular complexity index is 1040. The van der Waals surface area contributed by atoms with E-state index in [-0.39, 0.29) is 5.56 Å². The molecule has 8 heteroatoms. The molecule has 0 aliphatic carbocycles. The van der Waals surface area contributed by atoms with Crippen LogP contribution in [0.15, 0.2) is 34.4 Å². The van der Waals surface area contributed by atoms with Gasteiger partial charge in [0, 0.05) is 25.2 Å². The van der Waals surface area contributed by atoms with Gasteiger partial charge < -0.3 is 19.2 Å². The molecule has 0 atom stereocenters. The van der Waals surface area contributed by atoms with Crippen molar-refractivity contribution < 1.29 is 14.2 Å². The van der Waals surface area contributed by atoms with Gasteiger partial charge in [-0.2, -0.15) is 0 Å². The number of methoxy groups -OCH3 is 3. The Hall–Kier alpha value is -2.84. The molecular weight excluding hydrogens is 390 g/mol. The van der Waals surface area contributed by atoms with Crippen molar-refractivity contribution in [2.45, 2.75) is 19.5 Å². The summed E-state index contributed by atoms with van der Waals surface area (Å²) in [5.41, 5.74) is 2.64. The number of aromatic amines is 1. The average molecular weight is 413 g/mol. The number of aromatic nitrogens is 2. The van der Waals surface area contributed by atoms with E-state index in [4.69, 9.17) is 19.2 Å². The lowest BCUT2D eigenvalue weighted by Gasteiger charge is -2.28. The molecular formula is C21H23N3O4S. The summed E-state index contributed by atoms with van der Waals surface area (Å²) in [7, 11) is 4.82. The average Bonchev–Trinajstić information content (AvgIpc) is 3.27. The molecule has 0 spiro atoms. The molecule has 3 heterocycles. The quantitative estimate of drug-likeness (QED) is 0.669. The van der Waals surface area contributed by atoms with E-state index in [0.717, 1.165) is 28.2 Å². The number of rotatable bonds is 6. The monoisotopic (exact) mass is 413 g/mol. The number of ether oxygens (including phenoxy) is 3. The van der Waals surface area contributed by atoms with Crippen LogP contribution < -0.4 is 19.8 Å². The highest BCUT2D eigenvalue weighted by molar-refractivity contribution is 7.13. The van der Waals surface area contributed by atoms with Gasteiger partial charge in [-0.25, -0.2) is 4.98 Å². The zero-order chi connectivity index (χ0) is 20.4. The van der Waals surface area contributed by atoms with Gasteiger partial charge in [0.25, 0.3) is 5.56 Å². The van der Waals surface area contributed by atoms with Crippen molar-refractivity contribution >= 4 is 11.3 Å². The fourth-order valence-corrected chi connectivity index (χ4v) is 4.31. The second-order valence-electron chi connectivity index (χ2n) is 6.81. The van der Waals surface area contributed by atoms with Crippen LogP contribution in [0.25, 0.3) is 10.7 Å². The van der Waals surface area contributed by atoms with Crippen LogP contribution >= 0.6 is 11.3 Å². The maximum absolute atomic E-state index is 12.5. The van der Waals surface area contributed by atoms with Crippen molar-refractivity contribution in [3.8, 4) is 28.0 Å². The third-order valence-corrected chi connectivity index (χ3v) is 5.91. The fourth-order valence-electron chi connectivity index (χ4n) is 3.64. The molecule has 1 aliphatic heterocycles. The van der Waals surface area contributed by atoms with Crippen LogP contribution in [0.4, 0.5) is 0 Å². The lowest BCUT2D eigenvalue weighted by Crippen LogP contribution is -2.35. The largest absolute Gasteiger partial charge is 0.493 e. The zero-order valence-electron chi connectivity index (χ0n) is 16.7.